The first-order valence-corrected chi connectivity index (χ1v) is 5.09. The molecule has 1 heterocycles. The van der Waals surface area contributed by atoms with Crippen LogP contribution in [0.2, 0.25) is 0 Å². The van der Waals surface area contributed by atoms with E-state index in [1.165, 1.54) is 13.1 Å². The fraction of sp³-hybridized carbons (Fsp3) is 0.250. The molecule has 0 bridgehead atoms. The number of aliphatic hydroxyl groups excluding tert-OH is 1. The van der Waals surface area contributed by atoms with Crippen molar-refractivity contribution >= 4 is 17.9 Å². The highest BCUT2D eigenvalue weighted by Crippen LogP contribution is 2.12. The van der Waals surface area contributed by atoms with Gasteiger partial charge in [0.05, 0.1) is 5.57 Å². The van der Waals surface area contributed by atoms with Gasteiger partial charge in [-0.05, 0) is 38.5 Å². The van der Waals surface area contributed by atoms with Gasteiger partial charge in [-0.25, -0.2) is 9.98 Å². The van der Waals surface area contributed by atoms with Crippen LogP contribution in [0.3, 0.4) is 0 Å². The quantitative estimate of drug-likeness (QED) is 0.473. The van der Waals surface area contributed by atoms with E-state index >= 15 is 0 Å². The minimum absolute atomic E-state index is 0.0223. The minimum atomic E-state index is -0.724. The smallest absolute Gasteiger partial charge is 0.253 e. The molecule has 0 aromatic carbocycles. The van der Waals surface area contributed by atoms with Crippen molar-refractivity contribution in [2.45, 2.75) is 20.8 Å². The van der Waals surface area contributed by atoms with Crippen molar-refractivity contribution < 1.29 is 9.90 Å². The molecule has 0 radical (unpaired) electrons. The van der Waals surface area contributed by atoms with Crippen molar-refractivity contribution in [2.24, 2.45) is 10.7 Å². The molecule has 1 rings (SSSR count). The highest BCUT2D eigenvalue weighted by Gasteiger charge is 2.06. The molecule has 90 valence electrons. The molecule has 17 heavy (non-hydrogen) atoms. The number of aliphatic hydroxyl groups is 1. The molecule has 0 saturated carbocycles. The maximum Gasteiger partial charge on any atom is 0.253 e. The Morgan fingerprint density at radius 2 is 2.12 bits per heavy atom. The molecular formula is C12H15N3O2. The van der Waals surface area contributed by atoms with E-state index in [2.05, 4.69) is 9.98 Å². The fourth-order valence-corrected chi connectivity index (χ4v) is 1.35. The molecule has 1 aromatic rings. The van der Waals surface area contributed by atoms with E-state index in [9.17, 15) is 9.90 Å². The lowest BCUT2D eigenvalue weighted by Gasteiger charge is -2.00. The van der Waals surface area contributed by atoms with Crippen LogP contribution in [-0.4, -0.2) is 22.2 Å². The number of pyridine rings is 1. The van der Waals surface area contributed by atoms with E-state index in [1.54, 1.807) is 6.07 Å². The predicted molar refractivity (Wildman–Crippen MR) is 66.4 cm³/mol. The number of aromatic nitrogens is 1. The summed E-state index contributed by atoms with van der Waals surface area (Å²) in [6.07, 6.45) is 1.22. The normalized spacial score (nSPS) is 12.6. The van der Waals surface area contributed by atoms with Gasteiger partial charge in [0.2, 0.25) is 0 Å². The van der Waals surface area contributed by atoms with Crippen LogP contribution in [0.25, 0.3) is 0 Å². The topological polar surface area (TPSA) is 88.6 Å². The number of allylic oxidation sites excluding steroid dienone is 1. The SMILES string of the molecule is C/C(O)=C(\C=N\c1cc(C)cc(C)n1)C(N)=O. The van der Waals surface area contributed by atoms with Crippen molar-refractivity contribution in [2.75, 3.05) is 0 Å². The molecule has 0 saturated heterocycles. The highest BCUT2D eigenvalue weighted by molar-refractivity contribution is 6.12. The monoisotopic (exact) mass is 233 g/mol. The van der Waals surface area contributed by atoms with Gasteiger partial charge in [0.25, 0.3) is 5.91 Å². The van der Waals surface area contributed by atoms with E-state index in [4.69, 9.17) is 5.73 Å². The fourth-order valence-electron chi connectivity index (χ4n) is 1.35. The summed E-state index contributed by atoms with van der Waals surface area (Å²) in [5, 5.41) is 9.24. The molecule has 5 nitrogen and oxygen atoms in total. The number of primary amides is 1. The molecule has 0 aliphatic carbocycles. The number of aliphatic imine (C=N–C) groups is 1. The zero-order valence-electron chi connectivity index (χ0n) is 10.1. The average Bonchev–Trinajstić information content (AvgIpc) is 2.14. The van der Waals surface area contributed by atoms with Crippen molar-refractivity contribution in [1.82, 2.24) is 4.98 Å². The third-order valence-corrected chi connectivity index (χ3v) is 2.07. The molecule has 0 aliphatic heterocycles. The van der Waals surface area contributed by atoms with Crippen LogP contribution >= 0.6 is 0 Å². The number of hydrogen-bond acceptors (Lipinski definition) is 4. The summed E-state index contributed by atoms with van der Waals surface area (Å²) >= 11 is 0. The molecular weight excluding hydrogens is 218 g/mol. The van der Waals surface area contributed by atoms with Gasteiger partial charge in [-0.1, -0.05) is 0 Å². The first kappa shape index (κ1) is 12.9. The van der Waals surface area contributed by atoms with Gasteiger partial charge >= 0.3 is 0 Å². The van der Waals surface area contributed by atoms with Gasteiger partial charge in [-0.15, -0.1) is 0 Å². The van der Waals surface area contributed by atoms with Gasteiger partial charge < -0.3 is 10.8 Å². The number of aryl methyl sites for hydroxylation is 2. The van der Waals surface area contributed by atoms with Crippen molar-refractivity contribution in [3.8, 4) is 0 Å². The average molecular weight is 233 g/mol. The van der Waals surface area contributed by atoms with E-state index in [0.29, 0.717) is 5.82 Å². The summed E-state index contributed by atoms with van der Waals surface area (Å²) in [7, 11) is 0. The molecule has 0 unspecified atom stereocenters. The van der Waals surface area contributed by atoms with Crippen LogP contribution in [0.15, 0.2) is 28.5 Å². The second-order valence-corrected chi connectivity index (χ2v) is 3.77. The summed E-state index contributed by atoms with van der Waals surface area (Å²) in [6.45, 7) is 5.16. The lowest BCUT2D eigenvalue weighted by atomic mass is 10.2. The Balaban J connectivity index is 3.05. The van der Waals surface area contributed by atoms with E-state index < -0.39 is 5.91 Å². The molecule has 1 aromatic heterocycles. The Kier molecular flexibility index (Phi) is 3.98. The maximum absolute atomic E-state index is 11.0. The van der Waals surface area contributed by atoms with Crippen molar-refractivity contribution in [1.29, 1.82) is 0 Å². The summed E-state index contributed by atoms with van der Waals surface area (Å²) in [5.74, 6) is -0.411. The van der Waals surface area contributed by atoms with Crippen LogP contribution in [0.4, 0.5) is 5.82 Å². The number of carbonyl (C=O) groups excluding carboxylic acids is 1. The van der Waals surface area contributed by atoms with Crippen LogP contribution in [-0.2, 0) is 4.79 Å². The second kappa shape index (κ2) is 5.25. The van der Waals surface area contributed by atoms with Gasteiger partial charge in [0.1, 0.15) is 5.76 Å². The Hall–Kier alpha value is -2.17. The van der Waals surface area contributed by atoms with Gasteiger partial charge in [0.15, 0.2) is 5.82 Å². The molecule has 0 atom stereocenters. The number of nitrogens with two attached hydrogens (primary N) is 1. The summed E-state index contributed by atoms with van der Waals surface area (Å²) < 4.78 is 0. The van der Waals surface area contributed by atoms with E-state index in [0.717, 1.165) is 11.3 Å². The molecule has 3 N–H and O–H groups in total. The maximum atomic E-state index is 11.0. The Labute approximate surface area is 99.7 Å². The third kappa shape index (κ3) is 3.71. The first-order chi connectivity index (χ1) is 7.90. The number of hydrogen-bond donors (Lipinski definition) is 2. The Morgan fingerprint density at radius 1 is 1.47 bits per heavy atom. The van der Waals surface area contributed by atoms with Crippen LogP contribution in [0.5, 0.6) is 0 Å². The van der Waals surface area contributed by atoms with Crippen LogP contribution in [0.1, 0.15) is 18.2 Å². The largest absolute Gasteiger partial charge is 0.512 e. The Bertz CT molecular complexity index is 480. The lowest BCUT2D eigenvalue weighted by molar-refractivity contribution is -0.114. The summed E-state index contributed by atoms with van der Waals surface area (Å²) in [6, 6.07) is 3.69. The zero-order valence-corrected chi connectivity index (χ0v) is 10.1. The van der Waals surface area contributed by atoms with Crippen molar-refractivity contribution in [3.05, 3.63) is 34.7 Å². The number of rotatable bonds is 3. The highest BCUT2D eigenvalue weighted by atomic mass is 16.3. The summed E-state index contributed by atoms with van der Waals surface area (Å²) in [4.78, 5) is 19.2. The second-order valence-electron chi connectivity index (χ2n) is 3.77. The van der Waals surface area contributed by atoms with Gasteiger partial charge in [-0.2, -0.15) is 0 Å². The third-order valence-electron chi connectivity index (χ3n) is 2.07. The van der Waals surface area contributed by atoms with E-state index in [-0.39, 0.29) is 11.3 Å². The molecule has 5 heteroatoms. The number of carbonyl (C=O) groups is 1. The van der Waals surface area contributed by atoms with Crippen LogP contribution in [0, 0.1) is 13.8 Å². The predicted octanol–water partition coefficient (Wildman–Crippen LogP) is 1.72. The first-order valence-electron chi connectivity index (χ1n) is 5.09. The van der Waals surface area contributed by atoms with E-state index in [1.807, 2.05) is 19.9 Å². The molecule has 0 fully saturated rings. The van der Waals surface area contributed by atoms with Crippen LogP contribution < -0.4 is 5.73 Å². The molecule has 0 spiro atoms. The number of amides is 1. The van der Waals surface area contributed by atoms with Crippen molar-refractivity contribution in [3.63, 3.8) is 0 Å². The minimum Gasteiger partial charge on any atom is -0.512 e. The Morgan fingerprint density at radius 3 is 2.59 bits per heavy atom. The summed E-state index contributed by atoms with van der Waals surface area (Å²) in [5.41, 5.74) is 6.93. The van der Waals surface area contributed by atoms with Gasteiger partial charge in [0, 0.05) is 11.9 Å². The van der Waals surface area contributed by atoms with Gasteiger partial charge in [-0.3, -0.25) is 4.79 Å². The molecule has 1 amide bonds. The molecule has 0 aliphatic rings. The standard InChI is InChI=1S/C12H15N3O2/c1-7-4-8(2)15-11(5-7)14-6-10(9(3)16)12(13)17/h4-6,16H,1-3H3,(H2,13,17)/b10-9-,14-6+. The lowest BCUT2D eigenvalue weighted by Crippen LogP contribution is -2.16. The number of nitrogens with zero attached hydrogens (tertiary/aromatic N) is 2. The zero-order chi connectivity index (χ0) is 13.0.